The van der Waals surface area contributed by atoms with Crippen molar-refractivity contribution in [3.8, 4) is 0 Å². The lowest BCUT2D eigenvalue weighted by Crippen LogP contribution is -2.26. The second-order valence-corrected chi connectivity index (χ2v) is 4.16. The van der Waals surface area contributed by atoms with E-state index < -0.39 is 5.91 Å². The summed E-state index contributed by atoms with van der Waals surface area (Å²) in [4.78, 5) is 15.7. The van der Waals surface area contributed by atoms with Crippen molar-refractivity contribution in [2.45, 2.75) is 6.54 Å². The Bertz CT molecular complexity index is 528. The molecule has 5 heteroatoms. The molecular weight excluding hydrogens is 252 g/mol. The largest absolute Gasteiger partial charge is 0.285 e. The van der Waals surface area contributed by atoms with Gasteiger partial charge in [0, 0.05) is 23.0 Å². The van der Waals surface area contributed by atoms with Crippen LogP contribution in [0, 0.1) is 0 Å². The molecule has 2 rings (SSSR count). The Balaban J connectivity index is 2.07. The summed E-state index contributed by atoms with van der Waals surface area (Å²) in [7, 11) is 0. The van der Waals surface area contributed by atoms with E-state index in [0.717, 1.165) is 5.56 Å². The lowest BCUT2D eigenvalue weighted by Gasteiger charge is -2.14. The molecule has 18 heavy (non-hydrogen) atoms. The van der Waals surface area contributed by atoms with E-state index in [1.807, 2.05) is 0 Å². The molecule has 1 aromatic heterocycles. The molecule has 1 amide bonds. The SMILES string of the molecule is O=C(c1ccc(Cl)cc1)N(O)Cc1ccncc1. The summed E-state index contributed by atoms with van der Waals surface area (Å²) in [6.07, 6.45) is 3.21. The predicted octanol–water partition coefficient (Wildman–Crippen LogP) is 2.77. The van der Waals surface area contributed by atoms with Crippen molar-refractivity contribution in [2.75, 3.05) is 0 Å². The van der Waals surface area contributed by atoms with Crippen molar-refractivity contribution in [2.24, 2.45) is 0 Å². The molecule has 0 saturated carbocycles. The molecule has 92 valence electrons. The highest BCUT2D eigenvalue weighted by Gasteiger charge is 2.13. The molecule has 0 aliphatic heterocycles. The highest BCUT2D eigenvalue weighted by Crippen LogP contribution is 2.12. The van der Waals surface area contributed by atoms with Crippen molar-refractivity contribution in [1.82, 2.24) is 10.0 Å². The van der Waals surface area contributed by atoms with E-state index >= 15 is 0 Å². The van der Waals surface area contributed by atoms with Gasteiger partial charge in [-0.1, -0.05) is 11.6 Å². The molecule has 1 N–H and O–H groups in total. The lowest BCUT2D eigenvalue weighted by atomic mass is 10.2. The third-order valence-corrected chi connectivity index (χ3v) is 2.66. The molecule has 1 heterocycles. The van der Waals surface area contributed by atoms with Gasteiger partial charge in [0.15, 0.2) is 0 Å². The second kappa shape index (κ2) is 5.62. The number of pyridine rings is 1. The topological polar surface area (TPSA) is 53.4 Å². The maximum Gasteiger partial charge on any atom is 0.277 e. The Labute approximate surface area is 109 Å². The molecule has 0 radical (unpaired) electrons. The average Bonchev–Trinajstić information content (AvgIpc) is 2.40. The third kappa shape index (κ3) is 3.06. The van der Waals surface area contributed by atoms with Gasteiger partial charge in [0.05, 0.1) is 6.54 Å². The standard InChI is InChI=1S/C13H11ClN2O2/c14-12-3-1-11(2-4-12)13(17)16(18)9-10-5-7-15-8-6-10/h1-8,18H,9H2. The van der Waals surface area contributed by atoms with Crippen LogP contribution in [0.3, 0.4) is 0 Å². The predicted molar refractivity (Wildman–Crippen MR) is 67.3 cm³/mol. The fraction of sp³-hybridized carbons (Fsp3) is 0.0769. The number of rotatable bonds is 3. The minimum atomic E-state index is -0.469. The number of aromatic nitrogens is 1. The van der Waals surface area contributed by atoms with E-state index in [1.165, 1.54) is 0 Å². The Morgan fingerprint density at radius 2 is 1.78 bits per heavy atom. The van der Waals surface area contributed by atoms with Crippen LogP contribution in [0.5, 0.6) is 0 Å². The summed E-state index contributed by atoms with van der Waals surface area (Å²) < 4.78 is 0. The van der Waals surface area contributed by atoms with Gasteiger partial charge in [-0.2, -0.15) is 0 Å². The average molecular weight is 263 g/mol. The van der Waals surface area contributed by atoms with Gasteiger partial charge in [0.25, 0.3) is 5.91 Å². The number of carbonyl (C=O) groups is 1. The first-order chi connectivity index (χ1) is 8.66. The van der Waals surface area contributed by atoms with E-state index in [2.05, 4.69) is 4.98 Å². The van der Waals surface area contributed by atoms with Crippen molar-refractivity contribution in [1.29, 1.82) is 0 Å². The quantitative estimate of drug-likeness (QED) is 0.684. The van der Waals surface area contributed by atoms with Gasteiger partial charge in [-0.15, -0.1) is 0 Å². The molecule has 0 aliphatic carbocycles. The van der Waals surface area contributed by atoms with Gasteiger partial charge >= 0.3 is 0 Å². The number of carbonyl (C=O) groups excluding carboxylic acids is 1. The molecule has 2 aromatic rings. The summed E-state index contributed by atoms with van der Waals surface area (Å²) in [5, 5.41) is 10.9. The fourth-order valence-corrected chi connectivity index (χ4v) is 1.60. The van der Waals surface area contributed by atoms with E-state index in [1.54, 1.807) is 48.8 Å². The van der Waals surface area contributed by atoms with Crippen LogP contribution in [-0.2, 0) is 6.54 Å². The van der Waals surface area contributed by atoms with Crippen molar-refractivity contribution in [3.63, 3.8) is 0 Å². The summed E-state index contributed by atoms with van der Waals surface area (Å²) >= 11 is 5.73. The van der Waals surface area contributed by atoms with Gasteiger partial charge in [-0.3, -0.25) is 15.0 Å². The number of hydroxylamine groups is 2. The first kappa shape index (κ1) is 12.5. The number of halogens is 1. The molecule has 0 atom stereocenters. The minimum Gasteiger partial charge on any atom is -0.285 e. The number of amides is 1. The molecular formula is C13H11ClN2O2. The highest BCUT2D eigenvalue weighted by atomic mass is 35.5. The number of benzene rings is 1. The summed E-state index contributed by atoms with van der Waals surface area (Å²) in [6, 6.07) is 9.82. The Hall–Kier alpha value is -1.91. The lowest BCUT2D eigenvalue weighted by molar-refractivity contribution is -0.0648. The Morgan fingerprint density at radius 3 is 2.39 bits per heavy atom. The van der Waals surface area contributed by atoms with Crippen LogP contribution in [0.4, 0.5) is 0 Å². The molecule has 0 spiro atoms. The van der Waals surface area contributed by atoms with Crippen LogP contribution in [0.2, 0.25) is 5.02 Å². The van der Waals surface area contributed by atoms with Crippen molar-refractivity contribution < 1.29 is 10.0 Å². The fourth-order valence-electron chi connectivity index (χ4n) is 1.47. The maximum absolute atomic E-state index is 11.9. The highest BCUT2D eigenvalue weighted by molar-refractivity contribution is 6.30. The van der Waals surface area contributed by atoms with E-state index in [4.69, 9.17) is 11.6 Å². The first-order valence-corrected chi connectivity index (χ1v) is 5.70. The van der Waals surface area contributed by atoms with Gasteiger partial charge in [0.2, 0.25) is 0 Å². The van der Waals surface area contributed by atoms with Gasteiger partial charge in [-0.25, -0.2) is 5.06 Å². The van der Waals surface area contributed by atoms with Gasteiger partial charge < -0.3 is 0 Å². The summed E-state index contributed by atoms with van der Waals surface area (Å²) in [6.45, 7) is 0.115. The number of nitrogens with zero attached hydrogens (tertiary/aromatic N) is 2. The van der Waals surface area contributed by atoms with Crippen LogP contribution in [0.1, 0.15) is 15.9 Å². The summed E-state index contributed by atoms with van der Waals surface area (Å²) in [5.41, 5.74) is 1.19. The van der Waals surface area contributed by atoms with E-state index in [0.29, 0.717) is 15.6 Å². The van der Waals surface area contributed by atoms with Crippen LogP contribution in [-0.4, -0.2) is 21.2 Å². The monoisotopic (exact) mass is 262 g/mol. The molecule has 0 aliphatic rings. The van der Waals surface area contributed by atoms with E-state index in [-0.39, 0.29) is 6.54 Å². The van der Waals surface area contributed by atoms with Crippen LogP contribution in [0.15, 0.2) is 48.8 Å². The van der Waals surface area contributed by atoms with Crippen LogP contribution in [0.25, 0.3) is 0 Å². The zero-order chi connectivity index (χ0) is 13.0. The zero-order valence-corrected chi connectivity index (χ0v) is 10.2. The molecule has 0 unspecified atom stereocenters. The molecule has 0 saturated heterocycles. The second-order valence-electron chi connectivity index (χ2n) is 3.73. The third-order valence-electron chi connectivity index (χ3n) is 2.41. The van der Waals surface area contributed by atoms with Crippen LogP contribution >= 0.6 is 11.6 Å². The normalized spacial score (nSPS) is 10.1. The Kier molecular flexibility index (Phi) is 3.92. The number of hydrogen-bond acceptors (Lipinski definition) is 3. The smallest absolute Gasteiger partial charge is 0.277 e. The Morgan fingerprint density at radius 1 is 1.17 bits per heavy atom. The van der Waals surface area contributed by atoms with Gasteiger partial charge in [-0.05, 0) is 42.0 Å². The first-order valence-electron chi connectivity index (χ1n) is 5.32. The van der Waals surface area contributed by atoms with Crippen molar-refractivity contribution in [3.05, 3.63) is 64.9 Å². The van der Waals surface area contributed by atoms with Crippen molar-refractivity contribution >= 4 is 17.5 Å². The number of hydrogen-bond donors (Lipinski definition) is 1. The minimum absolute atomic E-state index is 0.115. The maximum atomic E-state index is 11.9. The molecule has 1 aromatic carbocycles. The summed E-state index contributed by atoms with van der Waals surface area (Å²) in [5.74, 6) is -0.469. The zero-order valence-electron chi connectivity index (χ0n) is 9.45. The molecule has 0 fully saturated rings. The molecule has 4 nitrogen and oxygen atoms in total. The van der Waals surface area contributed by atoms with E-state index in [9.17, 15) is 10.0 Å². The van der Waals surface area contributed by atoms with Gasteiger partial charge in [0.1, 0.15) is 0 Å². The molecule has 0 bridgehead atoms. The van der Waals surface area contributed by atoms with Crippen LogP contribution < -0.4 is 0 Å².